The largest absolute Gasteiger partial charge is 0.376 e. The van der Waals surface area contributed by atoms with Crippen molar-refractivity contribution in [2.24, 2.45) is 0 Å². The Morgan fingerprint density at radius 3 is 2.18 bits per heavy atom. The summed E-state index contributed by atoms with van der Waals surface area (Å²) in [5.41, 5.74) is 1.06. The lowest BCUT2D eigenvalue weighted by Crippen LogP contribution is -2.21. The smallest absolute Gasteiger partial charge is 0.269 e. The molecule has 2 rings (SSSR count). The van der Waals surface area contributed by atoms with Gasteiger partial charge in [0.15, 0.2) is 0 Å². The summed E-state index contributed by atoms with van der Waals surface area (Å²) in [5.74, 6) is -0.301. The highest BCUT2D eigenvalue weighted by molar-refractivity contribution is 6.35. The summed E-state index contributed by atoms with van der Waals surface area (Å²) < 4.78 is 0. The Labute approximate surface area is 136 Å². The fourth-order valence-corrected chi connectivity index (χ4v) is 2.24. The van der Waals surface area contributed by atoms with Gasteiger partial charge in [-0.2, -0.15) is 0 Å². The quantitative estimate of drug-likeness (QED) is 0.637. The highest BCUT2D eigenvalue weighted by Crippen LogP contribution is 2.22. The van der Waals surface area contributed by atoms with Gasteiger partial charge in [0.2, 0.25) is 5.91 Å². The molecule has 8 heteroatoms. The van der Waals surface area contributed by atoms with Gasteiger partial charge >= 0.3 is 0 Å². The van der Waals surface area contributed by atoms with Crippen molar-refractivity contribution in [3.8, 4) is 0 Å². The van der Waals surface area contributed by atoms with E-state index in [-0.39, 0.29) is 18.1 Å². The van der Waals surface area contributed by atoms with E-state index in [0.29, 0.717) is 21.4 Å². The number of rotatable bonds is 5. The summed E-state index contributed by atoms with van der Waals surface area (Å²) in [4.78, 5) is 21.8. The van der Waals surface area contributed by atoms with Crippen molar-refractivity contribution in [2.75, 3.05) is 17.2 Å². The Balaban J connectivity index is 1.91. The normalized spacial score (nSPS) is 10.1. The third kappa shape index (κ3) is 4.61. The second kappa shape index (κ2) is 7.11. The van der Waals surface area contributed by atoms with Crippen LogP contribution in [-0.2, 0) is 4.79 Å². The van der Waals surface area contributed by atoms with Gasteiger partial charge in [-0.1, -0.05) is 23.2 Å². The summed E-state index contributed by atoms with van der Waals surface area (Å²) in [6.45, 7) is 0.00760. The van der Waals surface area contributed by atoms with Crippen LogP contribution in [0, 0.1) is 10.1 Å². The maximum Gasteiger partial charge on any atom is 0.269 e. The monoisotopic (exact) mass is 339 g/mol. The van der Waals surface area contributed by atoms with E-state index < -0.39 is 4.92 Å². The second-order valence-electron chi connectivity index (χ2n) is 4.36. The van der Waals surface area contributed by atoms with Crippen molar-refractivity contribution in [1.82, 2.24) is 0 Å². The van der Waals surface area contributed by atoms with E-state index in [0.717, 1.165) is 0 Å². The van der Waals surface area contributed by atoms with Crippen LogP contribution in [0.15, 0.2) is 42.5 Å². The maximum atomic E-state index is 11.8. The lowest BCUT2D eigenvalue weighted by atomic mass is 10.3. The van der Waals surface area contributed by atoms with Gasteiger partial charge in [0.25, 0.3) is 5.69 Å². The number of nitrogens with one attached hydrogen (secondary N) is 2. The fourth-order valence-electron chi connectivity index (χ4n) is 1.71. The maximum absolute atomic E-state index is 11.8. The number of nitrogens with zero attached hydrogens (tertiary/aromatic N) is 1. The molecule has 0 bridgehead atoms. The molecule has 1 amide bonds. The van der Waals surface area contributed by atoms with Crippen molar-refractivity contribution in [3.63, 3.8) is 0 Å². The van der Waals surface area contributed by atoms with Crippen LogP contribution in [-0.4, -0.2) is 17.4 Å². The first-order valence-corrected chi connectivity index (χ1v) is 6.94. The molecule has 0 spiro atoms. The minimum Gasteiger partial charge on any atom is -0.376 e. The average Bonchev–Trinajstić information content (AvgIpc) is 2.45. The van der Waals surface area contributed by atoms with Gasteiger partial charge in [0.1, 0.15) is 0 Å². The van der Waals surface area contributed by atoms with Gasteiger partial charge in [-0.15, -0.1) is 0 Å². The van der Waals surface area contributed by atoms with E-state index in [9.17, 15) is 14.9 Å². The van der Waals surface area contributed by atoms with Gasteiger partial charge in [0.05, 0.1) is 11.5 Å². The number of non-ortho nitro benzene ring substituents is 1. The number of benzene rings is 2. The molecule has 0 saturated carbocycles. The van der Waals surface area contributed by atoms with Crippen LogP contribution >= 0.6 is 23.2 Å². The number of nitro groups is 1. The molecule has 0 aliphatic rings. The van der Waals surface area contributed by atoms with Crippen molar-refractivity contribution < 1.29 is 9.72 Å². The predicted octanol–water partition coefficient (Wildman–Crippen LogP) is 3.95. The first kappa shape index (κ1) is 16.1. The number of amides is 1. The minimum absolute atomic E-state index is 0.00760. The van der Waals surface area contributed by atoms with E-state index in [1.54, 1.807) is 18.2 Å². The van der Waals surface area contributed by atoms with Crippen LogP contribution in [0.5, 0.6) is 0 Å². The summed E-state index contributed by atoms with van der Waals surface area (Å²) in [6.07, 6.45) is 0. The number of nitro benzene ring substituents is 1. The van der Waals surface area contributed by atoms with Gasteiger partial charge in [-0.3, -0.25) is 14.9 Å². The number of carbonyl (C=O) groups is 1. The van der Waals surface area contributed by atoms with Crippen LogP contribution in [0.4, 0.5) is 17.1 Å². The molecule has 0 radical (unpaired) electrons. The number of hydrogen-bond donors (Lipinski definition) is 2. The van der Waals surface area contributed by atoms with E-state index in [2.05, 4.69) is 10.6 Å². The molecule has 0 aliphatic heterocycles. The van der Waals surface area contributed by atoms with E-state index in [1.165, 1.54) is 24.3 Å². The van der Waals surface area contributed by atoms with Crippen LogP contribution in [0.25, 0.3) is 0 Å². The van der Waals surface area contributed by atoms with E-state index >= 15 is 0 Å². The Hall–Kier alpha value is -2.31. The molecule has 22 heavy (non-hydrogen) atoms. The third-order valence-electron chi connectivity index (χ3n) is 2.68. The fraction of sp³-hybridized carbons (Fsp3) is 0.0714. The Bertz CT molecular complexity index is 685. The topological polar surface area (TPSA) is 84.3 Å². The molecule has 2 N–H and O–H groups in total. The number of anilines is 2. The van der Waals surface area contributed by atoms with Gasteiger partial charge < -0.3 is 10.6 Å². The molecular weight excluding hydrogens is 329 g/mol. The van der Waals surface area contributed by atoms with Crippen LogP contribution in [0.3, 0.4) is 0 Å². The van der Waals surface area contributed by atoms with Gasteiger partial charge in [-0.25, -0.2) is 0 Å². The average molecular weight is 340 g/mol. The molecule has 0 heterocycles. The molecule has 2 aromatic carbocycles. The number of halogens is 2. The third-order valence-corrected chi connectivity index (χ3v) is 3.11. The van der Waals surface area contributed by atoms with Crippen molar-refractivity contribution in [1.29, 1.82) is 0 Å². The van der Waals surface area contributed by atoms with Crippen molar-refractivity contribution in [3.05, 3.63) is 62.6 Å². The minimum atomic E-state index is -0.504. The molecule has 0 unspecified atom stereocenters. The summed E-state index contributed by atoms with van der Waals surface area (Å²) in [5, 5.41) is 17.0. The Kier molecular flexibility index (Phi) is 5.19. The van der Waals surface area contributed by atoms with Crippen LogP contribution in [0.1, 0.15) is 0 Å². The standard InChI is InChI=1S/C14H11Cl2N3O3/c15-9-5-10(16)7-12(6-9)17-8-14(20)18-11-1-3-13(4-2-11)19(21)22/h1-7,17H,8H2,(H,18,20). The lowest BCUT2D eigenvalue weighted by molar-refractivity contribution is -0.384. The Morgan fingerprint density at radius 1 is 1.05 bits per heavy atom. The number of carbonyl (C=O) groups excluding carboxylic acids is 1. The highest BCUT2D eigenvalue weighted by Gasteiger charge is 2.07. The summed E-state index contributed by atoms with van der Waals surface area (Å²) in [6, 6.07) is 10.4. The van der Waals surface area contributed by atoms with Crippen molar-refractivity contribution >= 4 is 46.2 Å². The lowest BCUT2D eigenvalue weighted by Gasteiger charge is -2.08. The summed E-state index contributed by atoms with van der Waals surface area (Å²) in [7, 11) is 0. The predicted molar refractivity (Wildman–Crippen MR) is 86.7 cm³/mol. The molecule has 6 nitrogen and oxygen atoms in total. The molecule has 114 valence electrons. The van der Waals surface area contributed by atoms with E-state index in [4.69, 9.17) is 23.2 Å². The molecule has 0 fully saturated rings. The Morgan fingerprint density at radius 2 is 1.64 bits per heavy atom. The molecule has 0 aromatic heterocycles. The first-order chi connectivity index (χ1) is 10.4. The number of hydrogen-bond acceptors (Lipinski definition) is 4. The second-order valence-corrected chi connectivity index (χ2v) is 5.24. The van der Waals surface area contributed by atoms with Crippen LogP contribution < -0.4 is 10.6 Å². The SMILES string of the molecule is O=C(CNc1cc(Cl)cc(Cl)c1)Nc1ccc([N+](=O)[O-])cc1. The van der Waals surface area contributed by atoms with Gasteiger partial charge in [0, 0.05) is 33.6 Å². The molecule has 0 aliphatic carbocycles. The zero-order valence-electron chi connectivity index (χ0n) is 11.2. The van der Waals surface area contributed by atoms with E-state index in [1.807, 2.05) is 0 Å². The molecular formula is C14H11Cl2N3O3. The molecule has 2 aromatic rings. The zero-order chi connectivity index (χ0) is 16.1. The van der Waals surface area contributed by atoms with Crippen LogP contribution in [0.2, 0.25) is 10.0 Å². The first-order valence-electron chi connectivity index (χ1n) is 6.18. The summed E-state index contributed by atoms with van der Waals surface area (Å²) >= 11 is 11.7. The molecule has 0 saturated heterocycles. The van der Waals surface area contributed by atoms with Crippen molar-refractivity contribution in [2.45, 2.75) is 0 Å². The molecule has 0 atom stereocenters. The zero-order valence-corrected chi connectivity index (χ0v) is 12.7. The van der Waals surface area contributed by atoms with Gasteiger partial charge in [-0.05, 0) is 30.3 Å². The highest BCUT2D eigenvalue weighted by atomic mass is 35.5.